The van der Waals surface area contributed by atoms with Gasteiger partial charge in [0.25, 0.3) is 0 Å². The van der Waals surface area contributed by atoms with E-state index in [1.807, 2.05) is 0 Å². The van der Waals surface area contributed by atoms with Gasteiger partial charge in [0.2, 0.25) is 0 Å². The molecule has 1 saturated carbocycles. The minimum Gasteiger partial charge on any atom is -0.328 e. The number of rotatable bonds is 1. The molecule has 1 aliphatic carbocycles. The Hall–Kier alpha value is -0.0400. The second-order valence-corrected chi connectivity index (χ2v) is 6.27. The van der Waals surface area contributed by atoms with Crippen molar-refractivity contribution in [3.8, 4) is 0 Å². The first-order valence-electron chi connectivity index (χ1n) is 6.77. The van der Waals surface area contributed by atoms with Crippen molar-refractivity contribution in [3.63, 3.8) is 0 Å². The molecule has 1 rings (SSSR count). The van der Waals surface area contributed by atoms with Crippen LogP contribution in [0.1, 0.15) is 72.1 Å². The van der Waals surface area contributed by atoms with E-state index in [0.717, 1.165) is 5.92 Å². The molecule has 0 aromatic rings. The maximum atomic E-state index is 6.07. The van der Waals surface area contributed by atoms with Crippen molar-refractivity contribution in [2.45, 2.75) is 78.2 Å². The van der Waals surface area contributed by atoms with Crippen molar-refractivity contribution < 1.29 is 0 Å². The maximum absolute atomic E-state index is 6.07. The van der Waals surface area contributed by atoms with Gasteiger partial charge in [-0.3, -0.25) is 0 Å². The largest absolute Gasteiger partial charge is 0.328 e. The molecule has 1 fully saturated rings. The minimum absolute atomic E-state index is 0.389. The molecule has 1 heteroatoms. The molecule has 2 atom stereocenters. The van der Waals surface area contributed by atoms with Crippen molar-refractivity contribution in [3.05, 3.63) is 0 Å². The van der Waals surface area contributed by atoms with E-state index in [4.69, 9.17) is 5.73 Å². The van der Waals surface area contributed by atoms with Gasteiger partial charge in [-0.1, -0.05) is 39.5 Å². The minimum atomic E-state index is 0.389. The highest BCUT2D eigenvalue weighted by Gasteiger charge is 2.22. The van der Waals surface area contributed by atoms with Gasteiger partial charge >= 0.3 is 0 Å². The molecule has 0 spiro atoms. The van der Waals surface area contributed by atoms with Crippen LogP contribution < -0.4 is 5.73 Å². The van der Waals surface area contributed by atoms with E-state index in [1.54, 1.807) is 0 Å². The molecule has 0 bridgehead atoms. The topological polar surface area (TPSA) is 26.0 Å². The average molecular weight is 211 g/mol. The average Bonchev–Trinajstić information content (AvgIpc) is 2.14. The fraction of sp³-hybridized carbons (Fsp3) is 1.00. The van der Waals surface area contributed by atoms with Gasteiger partial charge in [0.15, 0.2) is 0 Å². The summed E-state index contributed by atoms with van der Waals surface area (Å²) in [7, 11) is 0. The summed E-state index contributed by atoms with van der Waals surface area (Å²) in [5, 5.41) is 0. The van der Waals surface area contributed by atoms with E-state index in [-0.39, 0.29) is 0 Å². The first kappa shape index (κ1) is 13.0. The standard InChI is InChI=1S/C14H29N/c1-12(15)13-8-6-4-5-7-10-14(2,3)11-9-13/h12-13H,4-11,15H2,1-3H3/t12-,13?/m1/s1. The predicted octanol–water partition coefficient (Wildman–Crippen LogP) is 4.11. The fourth-order valence-corrected chi connectivity index (χ4v) is 2.73. The van der Waals surface area contributed by atoms with E-state index >= 15 is 0 Å². The van der Waals surface area contributed by atoms with Crippen molar-refractivity contribution in [1.29, 1.82) is 0 Å². The van der Waals surface area contributed by atoms with Crippen LogP contribution in [-0.2, 0) is 0 Å². The summed E-state index contributed by atoms with van der Waals surface area (Å²) in [6.07, 6.45) is 11.1. The molecule has 0 amide bonds. The Morgan fingerprint density at radius 2 is 1.67 bits per heavy atom. The molecule has 0 saturated heterocycles. The third kappa shape index (κ3) is 5.01. The van der Waals surface area contributed by atoms with Gasteiger partial charge in [0.05, 0.1) is 0 Å². The highest BCUT2D eigenvalue weighted by Crippen LogP contribution is 2.34. The Morgan fingerprint density at radius 1 is 1.00 bits per heavy atom. The van der Waals surface area contributed by atoms with E-state index in [0.29, 0.717) is 11.5 Å². The highest BCUT2D eigenvalue weighted by molar-refractivity contribution is 4.76. The molecule has 1 nitrogen and oxygen atoms in total. The van der Waals surface area contributed by atoms with Gasteiger partial charge in [0, 0.05) is 6.04 Å². The summed E-state index contributed by atoms with van der Waals surface area (Å²) in [6.45, 7) is 7.03. The fourth-order valence-electron chi connectivity index (χ4n) is 2.73. The second kappa shape index (κ2) is 5.89. The van der Waals surface area contributed by atoms with Crippen LogP contribution in [0.2, 0.25) is 0 Å². The van der Waals surface area contributed by atoms with Crippen LogP contribution >= 0.6 is 0 Å². The monoisotopic (exact) mass is 211 g/mol. The van der Waals surface area contributed by atoms with Gasteiger partial charge in [-0.05, 0) is 43.9 Å². The quantitative estimate of drug-likeness (QED) is 0.694. The van der Waals surface area contributed by atoms with Crippen LogP contribution in [0, 0.1) is 11.3 Å². The van der Waals surface area contributed by atoms with Crippen molar-refractivity contribution in [2.75, 3.05) is 0 Å². The molecule has 1 aliphatic rings. The molecule has 0 radical (unpaired) electrons. The zero-order chi connectivity index (χ0) is 11.3. The van der Waals surface area contributed by atoms with Crippen LogP contribution in [0.3, 0.4) is 0 Å². The molecule has 1 unspecified atom stereocenters. The molecule has 0 aliphatic heterocycles. The Morgan fingerprint density at radius 3 is 2.33 bits per heavy atom. The second-order valence-electron chi connectivity index (χ2n) is 6.27. The maximum Gasteiger partial charge on any atom is 0.00387 e. The summed E-state index contributed by atoms with van der Waals surface area (Å²) in [6, 6.07) is 0.389. The van der Waals surface area contributed by atoms with Gasteiger partial charge < -0.3 is 5.73 Å². The molecule has 2 N–H and O–H groups in total. The Bertz CT molecular complexity index is 172. The Balaban J connectivity index is 2.48. The number of hydrogen-bond acceptors (Lipinski definition) is 1. The summed E-state index contributed by atoms with van der Waals surface area (Å²) in [4.78, 5) is 0. The van der Waals surface area contributed by atoms with Crippen LogP contribution in [-0.4, -0.2) is 6.04 Å². The third-order valence-electron chi connectivity index (χ3n) is 4.11. The predicted molar refractivity (Wildman–Crippen MR) is 67.9 cm³/mol. The van der Waals surface area contributed by atoms with Gasteiger partial charge in [-0.25, -0.2) is 0 Å². The first-order chi connectivity index (χ1) is 7.01. The zero-order valence-corrected chi connectivity index (χ0v) is 10.9. The molecule has 0 heterocycles. The summed E-state index contributed by atoms with van der Waals surface area (Å²) < 4.78 is 0. The van der Waals surface area contributed by atoms with Crippen molar-refractivity contribution in [1.82, 2.24) is 0 Å². The lowest BCUT2D eigenvalue weighted by Crippen LogP contribution is -2.28. The molecule has 0 aromatic heterocycles. The number of nitrogens with two attached hydrogens (primary N) is 1. The molecular formula is C14H29N. The smallest absolute Gasteiger partial charge is 0.00387 e. The first-order valence-corrected chi connectivity index (χ1v) is 6.77. The SMILES string of the molecule is C[C@@H](N)C1CCCCCCC(C)(C)CC1. The lowest BCUT2D eigenvalue weighted by atomic mass is 9.77. The van der Waals surface area contributed by atoms with Crippen molar-refractivity contribution >= 4 is 0 Å². The molecule has 15 heavy (non-hydrogen) atoms. The van der Waals surface area contributed by atoms with Crippen LogP contribution in [0.15, 0.2) is 0 Å². The zero-order valence-electron chi connectivity index (χ0n) is 10.9. The Labute approximate surface area is 95.8 Å². The van der Waals surface area contributed by atoms with E-state index in [1.165, 1.54) is 51.4 Å². The highest BCUT2D eigenvalue weighted by atomic mass is 14.6. The summed E-state index contributed by atoms with van der Waals surface area (Å²) >= 11 is 0. The summed E-state index contributed by atoms with van der Waals surface area (Å²) in [5.41, 5.74) is 6.61. The van der Waals surface area contributed by atoms with Gasteiger partial charge in [-0.2, -0.15) is 0 Å². The van der Waals surface area contributed by atoms with Gasteiger partial charge in [0.1, 0.15) is 0 Å². The van der Waals surface area contributed by atoms with Crippen LogP contribution in [0.5, 0.6) is 0 Å². The van der Waals surface area contributed by atoms with Crippen LogP contribution in [0.25, 0.3) is 0 Å². The normalized spacial score (nSPS) is 30.8. The molecule has 90 valence electrons. The molecule has 0 aromatic carbocycles. The van der Waals surface area contributed by atoms with Crippen LogP contribution in [0.4, 0.5) is 0 Å². The van der Waals surface area contributed by atoms with E-state index in [9.17, 15) is 0 Å². The van der Waals surface area contributed by atoms with Gasteiger partial charge in [-0.15, -0.1) is 0 Å². The summed E-state index contributed by atoms with van der Waals surface area (Å²) in [5.74, 6) is 0.766. The Kier molecular flexibility index (Phi) is 5.11. The van der Waals surface area contributed by atoms with E-state index < -0.39 is 0 Å². The lowest BCUT2D eigenvalue weighted by Gasteiger charge is -2.30. The third-order valence-corrected chi connectivity index (χ3v) is 4.11. The molecular weight excluding hydrogens is 182 g/mol. The van der Waals surface area contributed by atoms with E-state index in [2.05, 4.69) is 20.8 Å². The van der Waals surface area contributed by atoms with Crippen molar-refractivity contribution in [2.24, 2.45) is 17.1 Å². The lowest BCUT2D eigenvalue weighted by molar-refractivity contribution is 0.234. The number of hydrogen-bond donors (Lipinski definition) is 1.